The van der Waals surface area contributed by atoms with Crippen LogP contribution in [0.5, 0.6) is 0 Å². The molecule has 6 heteroatoms. The molecule has 2 heterocycles. The maximum Gasteiger partial charge on any atom is 0.246 e. The van der Waals surface area contributed by atoms with Crippen molar-refractivity contribution in [3.8, 4) is 10.7 Å². The Morgan fingerprint density at radius 1 is 1.47 bits per heavy atom. The van der Waals surface area contributed by atoms with Gasteiger partial charge in [0.15, 0.2) is 0 Å². The van der Waals surface area contributed by atoms with E-state index in [1.807, 2.05) is 31.4 Å². The van der Waals surface area contributed by atoms with Crippen LogP contribution >= 0.6 is 11.3 Å². The zero-order valence-electron chi connectivity index (χ0n) is 11.0. The van der Waals surface area contributed by atoms with Gasteiger partial charge in [-0.3, -0.25) is 4.79 Å². The van der Waals surface area contributed by atoms with Crippen LogP contribution in [-0.4, -0.2) is 16.0 Å². The van der Waals surface area contributed by atoms with Gasteiger partial charge in [0.05, 0.1) is 11.4 Å². The van der Waals surface area contributed by atoms with E-state index < -0.39 is 0 Å². The van der Waals surface area contributed by atoms with E-state index in [4.69, 9.17) is 4.52 Å². The van der Waals surface area contributed by atoms with Crippen LogP contribution in [0.2, 0.25) is 0 Å². The first kappa shape index (κ1) is 13.7. The number of rotatable bonds is 6. The average molecular weight is 279 g/mol. The third kappa shape index (κ3) is 3.41. The number of amides is 1. The van der Waals surface area contributed by atoms with Crippen LogP contribution in [0.15, 0.2) is 22.0 Å². The van der Waals surface area contributed by atoms with Crippen molar-refractivity contribution in [3.05, 3.63) is 23.4 Å². The van der Waals surface area contributed by atoms with Gasteiger partial charge >= 0.3 is 0 Å². The Morgan fingerprint density at radius 2 is 2.26 bits per heavy atom. The van der Waals surface area contributed by atoms with Gasteiger partial charge in [-0.05, 0) is 24.3 Å². The van der Waals surface area contributed by atoms with E-state index in [-0.39, 0.29) is 18.4 Å². The summed E-state index contributed by atoms with van der Waals surface area (Å²) in [5.74, 6) is 1.10. The minimum Gasteiger partial charge on any atom is -0.347 e. The first-order valence-electron chi connectivity index (χ1n) is 6.38. The number of carbonyl (C=O) groups excluding carboxylic acids is 1. The fourth-order valence-electron chi connectivity index (χ4n) is 1.80. The molecule has 0 aromatic carbocycles. The molecule has 0 saturated carbocycles. The monoisotopic (exact) mass is 279 g/mol. The molecule has 1 amide bonds. The SMILES string of the molecule is CCC(CC)C(=O)NCc1nc(-c2cccs2)no1. The number of carbonyl (C=O) groups is 1. The van der Waals surface area contributed by atoms with Crippen molar-refractivity contribution < 1.29 is 9.32 Å². The average Bonchev–Trinajstić information content (AvgIpc) is 3.08. The number of hydrogen-bond acceptors (Lipinski definition) is 5. The molecule has 0 atom stereocenters. The quantitative estimate of drug-likeness (QED) is 0.882. The first-order chi connectivity index (χ1) is 9.24. The normalized spacial score (nSPS) is 10.9. The van der Waals surface area contributed by atoms with Gasteiger partial charge in [0.25, 0.3) is 0 Å². The van der Waals surface area contributed by atoms with Crippen LogP contribution in [0.25, 0.3) is 10.7 Å². The Balaban J connectivity index is 1.92. The van der Waals surface area contributed by atoms with Gasteiger partial charge < -0.3 is 9.84 Å². The lowest BCUT2D eigenvalue weighted by molar-refractivity contribution is -0.125. The fraction of sp³-hybridized carbons (Fsp3) is 0.462. The van der Waals surface area contributed by atoms with Crippen LogP contribution in [0, 0.1) is 5.92 Å². The first-order valence-corrected chi connectivity index (χ1v) is 7.26. The van der Waals surface area contributed by atoms with E-state index >= 15 is 0 Å². The van der Waals surface area contributed by atoms with E-state index in [2.05, 4.69) is 15.5 Å². The molecular weight excluding hydrogens is 262 g/mol. The molecule has 0 bridgehead atoms. The summed E-state index contributed by atoms with van der Waals surface area (Å²) in [5, 5.41) is 8.68. The summed E-state index contributed by atoms with van der Waals surface area (Å²) < 4.78 is 5.12. The molecule has 5 nitrogen and oxygen atoms in total. The van der Waals surface area contributed by atoms with Gasteiger partial charge in [0.2, 0.25) is 17.6 Å². The fourth-order valence-corrected chi connectivity index (χ4v) is 2.45. The van der Waals surface area contributed by atoms with Gasteiger partial charge in [-0.2, -0.15) is 4.98 Å². The summed E-state index contributed by atoms with van der Waals surface area (Å²) >= 11 is 1.55. The van der Waals surface area contributed by atoms with Crippen molar-refractivity contribution in [1.82, 2.24) is 15.5 Å². The third-order valence-corrected chi connectivity index (χ3v) is 3.85. The lowest BCUT2D eigenvalue weighted by Crippen LogP contribution is -2.29. The second kappa shape index (κ2) is 6.47. The summed E-state index contributed by atoms with van der Waals surface area (Å²) in [6.07, 6.45) is 1.68. The molecule has 2 aromatic heterocycles. The molecular formula is C13H17N3O2S. The van der Waals surface area contributed by atoms with Gasteiger partial charge in [0, 0.05) is 5.92 Å². The number of aromatic nitrogens is 2. The highest BCUT2D eigenvalue weighted by molar-refractivity contribution is 7.13. The van der Waals surface area contributed by atoms with Crippen molar-refractivity contribution in [2.75, 3.05) is 0 Å². The molecule has 0 spiro atoms. The summed E-state index contributed by atoms with van der Waals surface area (Å²) in [6.45, 7) is 4.30. The zero-order chi connectivity index (χ0) is 13.7. The van der Waals surface area contributed by atoms with Gasteiger partial charge in [-0.25, -0.2) is 0 Å². The van der Waals surface area contributed by atoms with Gasteiger partial charge in [0.1, 0.15) is 0 Å². The Hall–Kier alpha value is -1.69. The molecule has 0 aliphatic heterocycles. The van der Waals surface area contributed by atoms with E-state index in [0.717, 1.165) is 17.7 Å². The Kier molecular flexibility index (Phi) is 4.68. The topological polar surface area (TPSA) is 68.0 Å². The maximum absolute atomic E-state index is 11.8. The Labute approximate surface area is 116 Å². The van der Waals surface area contributed by atoms with Crippen molar-refractivity contribution in [2.24, 2.45) is 5.92 Å². The molecule has 0 aliphatic rings. The van der Waals surface area contributed by atoms with Gasteiger partial charge in [-0.15, -0.1) is 11.3 Å². The largest absolute Gasteiger partial charge is 0.347 e. The highest BCUT2D eigenvalue weighted by Gasteiger charge is 2.15. The van der Waals surface area contributed by atoms with Crippen molar-refractivity contribution >= 4 is 17.2 Å². The number of nitrogens with zero attached hydrogens (tertiary/aromatic N) is 2. The van der Waals surface area contributed by atoms with E-state index in [0.29, 0.717) is 11.7 Å². The van der Waals surface area contributed by atoms with Crippen LogP contribution < -0.4 is 5.32 Å². The number of hydrogen-bond donors (Lipinski definition) is 1. The zero-order valence-corrected chi connectivity index (χ0v) is 11.9. The third-order valence-electron chi connectivity index (χ3n) is 2.98. The molecule has 19 heavy (non-hydrogen) atoms. The number of nitrogens with one attached hydrogen (secondary N) is 1. The summed E-state index contributed by atoms with van der Waals surface area (Å²) in [4.78, 5) is 17.0. The number of thiophene rings is 1. The second-order valence-electron chi connectivity index (χ2n) is 4.22. The van der Waals surface area contributed by atoms with E-state index in [1.165, 1.54) is 0 Å². The molecule has 0 radical (unpaired) electrons. The molecule has 2 aromatic rings. The summed E-state index contributed by atoms with van der Waals surface area (Å²) in [7, 11) is 0. The molecule has 1 N–H and O–H groups in total. The van der Waals surface area contributed by atoms with E-state index in [1.54, 1.807) is 11.3 Å². The maximum atomic E-state index is 11.8. The van der Waals surface area contributed by atoms with Gasteiger partial charge in [-0.1, -0.05) is 25.1 Å². The standard InChI is InChI=1S/C13H17N3O2S/c1-3-9(4-2)13(17)14-8-11-15-12(16-18-11)10-6-5-7-19-10/h5-7,9H,3-4,8H2,1-2H3,(H,14,17). The Bertz CT molecular complexity index is 518. The molecule has 0 saturated heterocycles. The van der Waals surface area contributed by atoms with Crippen LogP contribution in [0.1, 0.15) is 32.6 Å². The van der Waals surface area contributed by atoms with Crippen molar-refractivity contribution in [1.29, 1.82) is 0 Å². The van der Waals surface area contributed by atoms with Crippen LogP contribution in [0.3, 0.4) is 0 Å². The minimum atomic E-state index is 0.0425. The second-order valence-corrected chi connectivity index (χ2v) is 5.17. The van der Waals surface area contributed by atoms with Crippen molar-refractivity contribution in [3.63, 3.8) is 0 Å². The molecule has 0 fully saturated rings. The molecule has 0 aliphatic carbocycles. The molecule has 0 unspecified atom stereocenters. The predicted octanol–water partition coefficient (Wildman–Crippen LogP) is 2.85. The Morgan fingerprint density at radius 3 is 2.89 bits per heavy atom. The highest BCUT2D eigenvalue weighted by Crippen LogP contribution is 2.21. The minimum absolute atomic E-state index is 0.0425. The smallest absolute Gasteiger partial charge is 0.246 e. The summed E-state index contributed by atoms with van der Waals surface area (Å²) in [6, 6.07) is 3.87. The highest BCUT2D eigenvalue weighted by atomic mass is 32.1. The molecule has 2 rings (SSSR count). The van der Waals surface area contributed by atoms with Crippen LogP contribution in [0.4, 0.5) is 0 Å². The lowest BCUT2D eigenvalue weighted by atomic mass is 10.0. The summed E-state index contributed by atoms with van der Waals surface area (Å²) in [5.41, 5.74) is 0. The van der Waals surface area contributed by atoms with E-state index in [9.17, 15) is 4.79 Å². The van der Waals surface area contributed by atoms with Crippen molar-refractivity contribution in [2.45, 2.75) is 33.2 Å². The molecule has 102 valence electrons. The lowest BCUT2D eigenvalue weighted by Gasteiger charge is -2.10. The predicted molar refractivity (Wildman–Crippen MR) is 73.5 cm³/mol. The van der Waals surface area contributed by atoms with Crippen LogP contribution in [-0.2, 0) is 11.3 Å².